The van der Waals surface area contributed by atoms with E-state index >= 15 is 0 Å². The van der Waals surface area contributed by atoms with Crippen molar-refractivity contribution in [2.75, 3.05) is 19.5 Å². The van der Waals surface area contributed by atoms with E-state index in [-0.39, 0.29) is 5.69 Å². The summed E-state index contributed by atoms with van der Waals surface area (Å²) in [4.78, 5) is 11.8. The lowest BCUT2D eigenvalue weighted by atomic mass is 10.2. The summed E-state index contributed by atoms with van der Waals surface area (Å²) in [6.45, 7) is 0. The van der Waals surface area contributed by atoms with Crippen molar-refractivity contribution in [3.05, 3.63) is 59.7 Å². The van der Waals surface area contributed by atoms with E-state index in [0.717, 1.165) is 12.1 Å². The van der Waals surface area contributed by atoms with Crippen LogP contribution in [0.15, 0.2) is 42.5 Å². The van der Waals surface area contributed by atoms with Crippen LogP contribution in [0.3, 0.4) is 0 Å². The molecule has 120 valence electrons. The monoisotopic (exact) mass is 319 g/mol. The Kier molecular flexibility index (Phi) is 5.30. The second-order valence-electron chi connectivity index (χ2n) is 4.59. The van der Waals surface area contributed by atoms with Gasteiger partial charge in [0.1, 0.15) is 23.1 Å². The van der Waals surface area contributed by atoms with Crippen molar-refractivity contribution in [2.24, 2.45) is 0 Å². The fourth-order valence-corrected chi connectivity index (χ4v) is 1.86. The van der Waals surface area contributed by atoms with E-state index in [1.54, 1.807) is 18.2 Å². The Labute approximate surface area is 132 Å². The Morgan fingerprint density at radius 2 is 1.70 bits per heavy atom. The van der Waals surface area contributed by atoms with Crippen LogP contribution in [0.25, 0.3) is 6.08 Å². The lowest BCUT2D eigenvalue weighted by Gasteiger charge is -2.06. The molecule has 2 aromatic carbocycles. The largest absolute Gasteiger partial charge is 0.497 e. The molecule has 0 aliphatic rings. The zero-order valence-electron chi connectivity index (χ0n) is 12.6. The molecular formula is C17H15F2NO3. The highest BCUT2D eigenvalue weighted by molar-refractivity contribution is 6.02. The summed E-state index contributed by atoms with van der Waals surface area (Å²) < 4.78 is 36.5. The molecule has 0 bridgehead atoms. The third-order valence-corrected chi connectivity index (χ3v) is 2.99. The van der Waals surface area contributed by atoms with Gasteiger partial charge in [0.25, 0.3) is 0 Å². The Morgan fingerprint density at radius 1 is 1.04 bits per heavy atom. The third kappa shape index (κ3) is 4.54. The molecule has 0 fully saturated rings. The maximum absolute atomic E-state index is 13.5. The van der Waals surface area contributed by atoms with Crippen molar-refractivity contribution >= 4 is 17.7 Å². The summed E-state index contributed by atoms with van der Waals surface area (Å²) >= 11 is 0. The highest BCUT2D eigenvalue weighted by Gasteiger charge is 2.06. The van der Waals surface area contributed by atoms with Crippen molar-refractivity contribution < 1.29 is 23.0 Å². The van der Waals surface area contributed by atoms with Gasteiger partial charge in [-0.15, -0.1) is 0 Å². The lowest BCUT2D eigenvalue weighted by Crippen LogP contribution is -2.09. The number of rotatable bonds is 5. The Hall–Kier alpha value is -2.89. The van der Waals surface area contributed by atoms with Crippen LogP contribution in [-0.2, 0) is 4.79 Å². The predicted molar refractivity (Wildman–Crippen MR) is 83.6 cm³/mol. The highest BCUT2D eigenvalue weighted by Crippen LogP contribution is 2.23. The summed E-state index contributed by atoms with van der Waals surface area (Å²) in [7, 11) is 3.04. The molecule has 0 aliphatic heterocycles. The number of carbonyl (C=O) groups excluding carboxylic acids is 1. The molecule has 1 amide bonds. The van der Waals surface area contributed by atoms with E-state index in [1.807, 2.05) is 0 Å². The quantitative estimate of drug-likeness (QED) is 0.856. The molecule has 0 aliphatic carbocycles. The van der Waals surface area contributed by atoms with Gasteiger partial charge in [-0.3, -0.25) is 4.79 Å². The summed E-state index contributed by atoms with van der Waals surface area (Å²) in [5.41, 5.74) is 0.584. The minimum Gasteiger partial charge on any atom is -0.497 e. The van der Waals surface area contributed by atoms with E-state index in [9.17, 15) is 13.6 Å². The standard InChI is InChI=1S/C17H15F2NO3/c1-22-13-7-11(8-14(10-13)23-2)3-6-17(21)20-16-5-4-12(18)9-15(16)19/h3-10H,1-2H3,(H,20,21)/b6-3+. The average Bonchev–Trinajstić information content (AvgIpc) is 2.55. The van der Waals surface area contributed by atoms with Crippen molar-refractivity contribution in [3.63, 3.8) is 0 Å². The molecule has 0 radical (unpaired) electrons. The van der Waals surface area contributed by atoms with Crippen molar-refractivity contribution in [1.82, 2.24) is 0 Å². The number of hydrogen-bond donors (Lipinski definition) is 1. The first-order valence-electron chi connectivity index (χ1n) is 6.69. The van der Waals surface area contributed by atoms with Gasteiger partial charge in [0.05, 0.1) is 19.9 Å². The molecule has 0 saturated heterocycles. The first kappa shape index (κ1) is 16.5. The Balaban J connectivity index is 2.11. The zero-order chi connectivity index (χ0) is 16.8. The van der Waals surface area contributed by atoms with Crippen LogP contribution in [0.2, 0.25) is 0 Å². The van der Waals surface area contributed by atoms with Gasteiger partial charge >= 0.3 is 0 Å². The second kappa shape index (κ2) is 7.40. The average molecular weight is 319 g/mol. The summed E-state index contributed by atoms with van der Waals surface area (Å²) in [5, 5.41) is 2.33. The number of methoxy groups -OCH3 is 2. The van der Waals surface area contributed by atoms with Crippen LogP contribution < -0.4 is 14.8 Å². The van der Waals surface area contributed by atoms with Crippen LogP contribution >= 0.6 is 0 Å². The van der Waals surface area contributed by atoms with E-state index in [4.69, 9.17) is 9.47 Å². The Bertz CT molecular complexity index is 722. The molecule has 0 spiro atoms. The predicted octanol–water partition coefficient (Wildman–Crippen LogP) is 3.63. The van der Waals surface area contributed by atoms with Gasteiger partial charge in [-0.2, -0.15) is 0 Å². The number of nitrogens with one attached hydrogen (secondary N) is 1. The number of benzene rings is 2. The van der Waals surface area contributed by atoms with E-state index in [2.05, 4.69) is 5.32 Å². The third-order valence-electron chi connectivity index (χ3n) is 2.99. The van der Waals surface area contributed by atoms with Gasteiger partial charge in [-0.25, -0.2) is 8.78 Å². The second-order valence-corrected chi connectivity index (χ2v) is 4.59. The van der Waals surface area contributed by atoms with Gasteiger partial charge in [-0.1, -0.05) is 0 Å². The number of carbonyl (C=O) groups is 1. The van der Waals surface area contributed by atoms with Crippen LogP contribution in [-0.4, -0.2) is 20.1 Å². The highest BCUT2D eigenvalue weighted by atomic mass is 19.1. The van der Waals surface area contributed by atoms with Gasteiger partial charge in [0.15, 0.2) is 0 Å². The number of halogens is 2. The molecule has 0 saturated carbocycles. The van der Waals surface area contributed by atoms with Crippen molar-refractivity contribution in [2.45, 2.75) is 0 Å². The van der Waals surface area contributed by atoms with Crippen LogP contribution in [0.5, 0.6) is 11.5 Å². The molecule has 23 heavy (non-hydrogen) atoms. The molecule has 0 atom stereocenters. The smallest absolute Gasteiger partial charge is 0.248 e. The molecular weight excluding hydrogens is 304 g/mol. The van der Waals surface area contributed by atoms with Crippen LogP contribution in [0.1, 0.15) is 5.56 Å². The molecule has 0 aromatic heterocycles. The summed E-state index contributed by atoms with van der Waals surface area (Å²) in [5.74, 6) is -0.936. The van der Waals surface area contributed by atoms with Gasteiger partial charge in [-0.05, 0) is 35.9 Å². The van der Waals surface area contributed by atoms with Crippen molar-refractivity contribution in [1.29, 1.82) is 0 Å². The number of anilines is 1. The zero-order valence-corrected chi connectivity index (χ0v) is 12.6. The molecule has 2 rings (SSSR count). The fourth-order valence-electron chi connectivity index (χ4n) is 1.86. The number of hydrogen-bond acceptors (Lipinski definition) is 3. The molecule has 0 heterocycles. The lowest BCUT2D eigenvalue weighted by molar-refractivity contribution is -0.111. The number of ether oxygens (including phenoxy) is 2. The molecule has 2 aromatic rings. The maximum atomic E-state index is 13.5. The van der Waals surface area contributed by atoms with Gasteiger partial charge in [0.2, 0.25) is 5.91 Å². The number of amides is 1. The minimum atomic E-state index is -0.838. The molecule has 6 heteroatoms. The van der Waals surface area contributed by atoms with E-state index < -0.39 is 17.5 Å². The first-order chi connectivity index (χ1) is 11.0. The Morgan fingerprint density at radius 3 is 2.26 bits per heavy atom. The normalized spacial score (nSPS) is 10.6. The van der Waals surface area contributed by atoms with E-state index in [1.165, 1.54) is 26.4 Å². The maximum Gasteiger partial charge on any atom is 0.248 e. The summed E-state index contributed by atoms with van der Waals surface area (Å²) in [6, 6.07) is 8.05. The first-order valence-corrected chi connectivity index (χ1v) is 6.69. The molecule has 1 N–H and O–H groups in total. The topological polar surface area (TPSA) is 47.6 Å². The molecule has 0 unspecified atom stereocenters. The SMILES string of the molecule is COc1cc(/C=C/C(=O)Nc2ccc(F)cc2F)cc(OC)c1. The van der Waals surface area contributed by atoms with Gasteiger partial charge in [0, 0.05) is 18.2 Å². The van der Waals surface area contributed by atoms with Crippen molar-refractivity contribution in [3.8, 4) is 11.5 Å². The minimum absolute atomic E-state index is 0.0933. The fraction of sp³-hybridized carbons (Fsp3) is 0.118. The van der Waals surface area contributed by atoms with E-state index in [0.29, 0.717) is 23.1 Å². The molecule has 4 nitrogen and oxygen atoms in total. The summed E-state index contributed by atoms with van der Waals surface area (Å²) in [6.07, 6.45) is 2.76. The van der Waals surface area contributed by atoms with Crippen LogP contribution in [0, 0.1) is 11.6 Å². The van der Waals surface area contributed by atoms with Gasteiger partial charge < -0.3 is 14.8 Å². The van der Waals surface area contributed by atoms with Crippen LogP contribution in [0.4, 0.5) is 14.5 Å².